The fourth-order valence-corrected chi connectivity index (χ4v) is 1.52. The molecule has 0 atom stereocenters. The van der Waals surface area contributed by atoms with Gasteiger partial charge in [-0.1, -0.05) is 0 Å². The van der Waals surface area contributed by atoms with Crippen molar-refractivity contribution in [2.75, 3.05) is 18.4 Å². The maximum Gasteiger partial charge on any atom is 0.407 e. The first-order valence-corrected chi connectivity index (χ1v) is 6.90. The Labute approximate surface area is 122 Å². The lowest BCUT2D eigenvalue weighted by atomic mass is 10.2. The van der Waals surface area contributed by atoms with Crippen molar-refractivity contribution in [3.8, 4) is 0 Å². The Morgan fingerprint density at radius 2 is 2.11 bits per heavy atom. The molecule has 0 saturated carbocycles. The van der Waals surface area contributed by atoms with Gasteiger partial charge < -0.3 is 15.4 Å². The molecule has 19 heavy (non-hydrogen) atoms. The summed E-state index contributed by atoms with van der Waals surface area (Å²) in [5.74, 6) is 0.784. The van der Waals surface area contributed by atoms with Gasteiger partial charge in [-0.15, -0.1) is 0 Å². The molecule has 0 aliphatic heterocycles. The van der Waals surface area contributed by atoms with E-state index >= 15 is 0 Å². The number of pyridine rings is 1. The molecule has 0 saturated heterocycles. The highest BCUT2D eigenvalue weighted by molar-refractivity contribution is 9.10. The van der Waals surface area contributed by atoms with E-state index in [9.17, 15) is 4.79 Å². The molecule has 5 nitrogen and oxygen atoms in total. The minimum absolute atomic E-state index is 0.408. The van der Waals surface area contributed by atoms with Crippen LogP contribution < -0.4 is 10.6 Å². The van der Waals surface area contributed by atoms with Crippen LogP contribution in [0.5, 0.6) is 0 Å². The number of carbonyl (C=O) groups is 1. The van der Waals surface area contributed by atoms with Gasteiger partial charge in [-0.05, 0) is 55.3 Å². The maximum absolute atomic E-state index is 11.4. The second kappa shape index (κ2) is 6.75. The van der Waals surface area contributed by atoms with Gasteiger partial charge in [0.2, 0.25) is 0 Å². The summed E-state index contributed by atoms with van der Waals surface area (Å²) < 4.78 is 6.10. The van der Waals surface area contributed by atoms with Gasteiger partial charge in [-0.25, -0.2) is 9.78 Å². The molecule has 2 N–H and O–H groups in total. The van der Waals surface area contributed by atoms with Gasteiger partial charge in [0, 0.05) is 23.8 Å². The number of hydrogen-bond acceptors (Lipinski definition) is 4. The topological polar surface area (TPSA) is 63.2 Å². The fourth-order valence-electron chi connectivity index (χ4n) is 1.31. The molecule has 1 rings (SSSR count). The van der Waals surface area contributed by atoms with E-state index in [1.807, 2.05) is 33.8 Å². The minimum Gasteiger partial charge on any atom is -0.444 e. The number of rotatable bonds is 4. The molecule has 1 aromatic rings. The number of aromatic nitrogens is 1. The Bertz CT molecular complexity index is 444. The van der Waals surface area contributed by atoms with Crippen LogP contribution in [0.2, 0.25) is 0 Å². The molecule has 106 valence electrons. The number of halogens is 1. The quantitative estimate of drug-likeness (QED) is 0.833. The fraction of sp³-hybridized carbons (Fsp3) is 0.538. The van der Waals surface area contributed by atoms with Crippen molar-refractivity contribution < 1.29 is 9.53 Å². The van der Waals surface area contributed by atoms with Crippen LogP contribution in [0, 0.1) is 6.92 Å². The average molecular weight is 330 g/mol. The first kappa shape index (κ1) is 15.8. The van der Waals surface area contributed by atoms with Gasteiger partial charge in [0.1, 0.15) is 11.4 Å². The highest BCUT2D eigenvalue weighted by Gasteiger charge is 2.15. The number of ether oxygens (including phenoxy) is 1. The number of carbonyl (C=O) groups excluding carboxylic acids is 1. The van der Waals surface area contributed by atoms with Crippen LogP contribution >= 0.6 is 15.9 Å². The zero-order valence-electron chi connectivity index (χ0n) is 11.7. The molecule has 0 spiro atoms. The van der Waals surface area contributed by atoms with Crippen molar-refractivity contribution in [2.45, 2.75) is 33.3 Å². The lowest BCUT2D eigenvalue weighted by Crippen LogP contribution is -2.35. The largest absolute Gasteiger partial charge is 0.444 e. The normalized spacial score (nSPS) is 11.0. The summed E-state index contributed by atoms with van der Waals surface area (Å²) in [5, 5.41) is 5.80. The number of hydrogen-bond donors (Lipinski definition) is 2. The molecule has 1 heterocycles. The van der Waals surface area contributed by atoms with E-state index in [-0.39, 0.29) is 0 Å². The second-order valence-corrected chi connectivity index (χ2v) is 6.03. The van der Waals surface area contributed by atoms with Crippen LogP contribution in [0.25, 0.3) is 0 Å². The Hall–Kier alpha value is -1.30. The van der Waals surface area contributed by atoms with Gasteiger partial charge in [-0.3, -0.25) is 0 Å². The van der Waals surface area contributed by atoms with E-state index in [0.29, 0.717) is 13.1 Å². The van der Waals surface area contributed by atoms with Crippen molar-refractivity contribution in [1.29, 1.82) is 0 Å². The molecule has 0 aliphatic carbocycles. The number of aryl methyl sites for hydroxylation is 1. The average Bonchev–Trinajstić information content (AvgIpc) is 2.27. The van der Waals surface area contributed by atoms with E-state index in [4.69, 9.17) is 4.74 Å². The van der Waals surface area contributed by atoms with E-state index in [1.165, 1.54) is 0 Å². The first-order chi connectivity index (χ1) is 8.78. The summed E-state index contributed by atoms with van der Waals surface area (Å²) in [6.07, 6.45) is 1.34. The number of alkyl carbamates (subject to hydrolysis) is 1. The van der Waals surface area contributed by atoms with Crippen LogP contribution in [0.4, 0.5) is 10.6 Å². The standard InChI is InChI=1S/C13H20BrN3O2/c1-9-7-11(17-8-10(9)14)15-5-6-16-12(18)19-13(2,3)4/h7-8H,5-6H2,1-4H3,(H,15,17)(H,16,18). The third kappa shape index (κ3) is 6.42. The molecule has 1 amide bonds. The molecule has 6 heteroatoms. The van der Waals surface area contributed by atoms with Gasteiger partial charge in [0.15, 0.2) is 0 Å². The maximum atomic E-state index is 11.4. The highest BCUT2D eigenvalue weighted by Crippen LogP contribution is 2.16. The number of amides is 1. The molecular formula is C13H20BrN3O2. The van der Waals surface area contributed by atoms with Crippen LogP contribution in [0.3, 0.4) is 0 Å². The Morgan fingerprint density at radius 3 is 2.68 bits per heavy atom. The SMILES string of the molecule is Cc1cc(NCCNC(=O)OC(C)(C)C)ncc1Br. The molecule has 0 aromatic carbocycles. The Kier molecular flexibility index (Phi) is 5.60. The number of nitrogens with one attached hydrogen (secondary N) is 2. The molecule has 0 aliphatic rings. The third-order valence-corrected chi connectivity index (χ3v) is 2.98. The van der Waals surface area contributed by atoms with Crippen LogP contribution in [-0.4, -0.2) is 29.8 Å². The van der Waals surface area contributed by atoms with Crippen LogP contribution in [0.15, 0.2) is 16.7 Å². The van der Waals surface area contributed by atoms with Crippen molar-refractivity contribution in [1.82, 2.24) is 10.3 Å². The molecule has 0 fully saturated rings. The summed E-state index contributed by atoms with van der Waals surface area (Å²) in [5.41, 5.74) is 0.639. The van der Waals surface area contributed by atoms with E-state index in [2.05, 4.69) is 31.5 Å². The predicted molar refractivity (Wildman–Crippen MR) is 79.4 cm³/mol. The highest BCUT2D eigenvalue weighted by atomic mass is 79.9. The lowest BCUT2D eigenvalue weighted by molar-refractivity contribution is 0.0530. The van der Waals surface area contributed by atoms with Crippen molar-refractivity contribution in [3.05, 3.63) is 22.3 Å². The zero-order valence-corrected chi connectivity index (χ0v) is 13.3. The van der Waals surface area contributed by atoms with E-state index < -0.39 is 11.7 Å². The van der Waals surface area contributed by atoms with Crippen molar-refractivity contribution >= 4 is 27.8 Å². The van der Waals surface area contributed by atoms with E-state index in [0.717, 1.165) is 15.9 Å². The summed E-state index contributed by atoms with van der Waals surface area (Å²) in [4.78, 5) is 15.6. The van der Waals surface area contributed by atoms with Gasteiger partial charge in [0.25, 0.3) is 0 Å². The molecule has 0 radical (unpaired) electrons. The Morgan fingerprint density at radius 1 is 1.42 bits per heavy atom. The summed E-state index contributed by atoms with van der Waals surface area (Å²) >= 11 is 3.39. The summed E-state index contributed by atoms with van der Waals surface area (Å²) in [6, 6.07) is 1.94. The molecule has 1 aromatic heterocycles. The lowest BCUT2D eigenvalue weighted by Gasteiger charge is -2.19. The molecule has 0 bridgehead atoms. The van der Waals surface area contributed by atoms with Crippen molar-refractivity contribution in [2.24, 2.45) is 0 Å². The Balaban J connectivity index is 2.27. The molecule has 0 unspecified atom stereocenters. The van der Waals surface area contributed by atoms with Crippen molar-refractivity contribution in [3.63, 3.8) is 0 Å². The van der Waals surface area contributed by atoms with Crippen LogP contribution in [-0.2, 0) is 4.74 Å². The summed E-state index contributed by atoms with van der Waals surface area (Å²) in [6.45, 7) is 8.56. The predicted octanol–water partition coefficient (Wildman–Crippen LogP) is 3.09. The first-order valence-electron chi connectivity index (χ1n) is 6.11. The summed E-state index contributed by atoms with van der Waals surface area (Å²) in [7, 11) is 0. The number of nitrogens with zero attached hydrogens (tertiary/aromatic N) is 1. The number of anilines is 1. The minimum atomic E-state index is -0.470. The van der Waals surface area contributed by atoms with Gasteiger partial charge in [0.05, 0.1) is 0 Å². The molecular weight excluding hydrogens is 310 g/mol. The van der Waals surface area contributed by atoms with Gasteiger partial charge >= 0.3 is 6.09 Å². The van der Waals surface area contributed by atoms with Crippen LogP contribution in [0.1, 0.15) is 26.3 Å². The third-order valence-electron chi connectivity index (χ3n) is 2.15. The smallest absolute Gasteiger partial charge is 0.407 e. The van der Waals surface area contributed by atoms with Gasteiger partial charge in [-0.2, -0.15) is 0 Å². The second-order valence-electron chi connectivity index (χ2n) is 5.17. The zero-order chi connectivity index (χ0) is 14.5. The monoisotopic (exact) mass is 329 g/mol. The van der Waals surface area contributed by atoms with E-state index in [1.54, 1.807) is 6.20 Å².